The van der Waals surface area contributed by atoms with Gasteiger partial charge >= 0.3 is 0 Å². The number of hydrogen-bond acceptors (Lipinski definition) is 4. The number of morpholine rings is 1. The SMILES string of the molecule is C[C@@H]1CN(S(=O)(=O)C[C@@]23CC[C@@H](CC2=O)C3(C)C)C[C@@H](C)O1. The van der Waals surface area contributed by atoms with Gasteiger partial charge in [0.1, 0.15) is 5.78 Å². The summed E-state index contributed by atoms with van der Waals surface area (Å²) in [6.45, 7) is 8.73. The lowest BCUT2D eigenvalue weighted by molar-refractivity contribution is -0.128. The zero-order valence-electron chi connectivity index (χ0n) is 14.0. The number of fused-ring (bicyclic) bond motifs is 2. The molecule has 2 bridgehead atoms. The van der Waals surface area contributed by atoms with Crippen molar-refractivity contribution in [3.05, 3.63) is 0 Å². The van der Waals surface area contributed by atoms with Gasteiger partial charge in [0.25, 0.3) is 0 Å². The van der Waals surface area contributed by atoms with Gasteiger partial charge < -0.3 is 4.74 Å². The first-order chi connectivity index (χ1) is 10.1. The summed E-state index contributed by atoms with van der Waals surface area (Å²) in [6.07, 6.45) is 2.06. The first-order valence-corrected chi connectivity index (χ1v) is 9.86. The minimum absolute atomic E-state index is 0.0260. The Balaban J connectivity index is 1.87. The molecule has 3 aliphatic rings. The maximum Gasteiger partial charge on any atom is 0.215 e. The van der Waals surface area contributed by atoms with E-state index < -0.39 is 15.4 Å². The highest BCUT2D eigenvalue weighted by atomic mass is 32.2. The molecule has 22 heavy (non-hydrogen) atoms. The lowest BCUT2D eigenvalue weighted by atomic mass is 9.70. The molecule has 6 heteroatoms. The minimum atomic E-state index is -3.45. The van der Waals surface area contributed by atoms with E-state index >= 15 is 0 Å². The van der Waals surface area contributed by atoms with Crippen molar-refractivity contribution in [2.75, 3.05) is 18.8 Å². The van der Waals surface area contributed by atoms with Gasteiger partial charge in [0.15, 0.2) is 0 Å². The molecule has 5 nitrogen and oxygen atoms in total. The van der Waals surface area contributed by atoms with Gasteiger partial charge in [-0.15, -0.1) is 0 Å². The van der Waals surface area contributed by atoms with E-state index in [1.54, 1.807) is 0 Å². The van der Waals surface area contributed by atoms with E-state index in [0.717, 1.165) is 12.8 Å². The van der Waals surface area contributed by atoms with Crippen molar-refractivity contribution >= 4 is 15.8 Å². The Labute approximate surface area is 133 Å². The third-order valence-corrected chi connectivity index (χ3v) is 8.29. The fourth-order valence-electron chi connectivity index (χ4n) is 4.87. The predicted octanol–water partition coefficient (Wildman–Crippen LogP) is 1.82. The molecule has 1 heterocycles. The molecule has 0 radical (unpaired) electrons. The van der Waals surface area contributed by atoms with Gasteiger partial charge in [-0.25, -0.2) is 8.42 Å². The quantitative estimate of drug-likeness (QED) is 0.792. The van der Waals surface area contributed by atoms with Crippen molar-refractivity contribution in [2.45, 2.75) is 59.2 Å². The van der Waals surface area contributed by atoms with Crippen LogP contribution >= 0.6 is 0 Å². The first kappa shape index (κ1) is 16.4. The van der Waals surface area contributed by atoms with E-state index in [2.05, 4.69) is 13.8 Å². The molecular weight excluding hydrogens is 302 g/mol. The van der Waals surface area contributed by atoms with Gasteiger partial charge in [-0.1, -0.05) is 13.8 Å². The topological polar surface area (TPSA) is 63.7 Å². The number of nitrogens with zero attached hydrogens (tertiary/aromatic N) is 1. The largest absolute Gasteiger partial charge is 0.373 e. The molecule has 1 aliphatic heterocycles. The van der Waals surface area contributed by atoms with E-state index in [-0.39, 0.29) is 29.2 Å². The summed E-state index contributed by atoms with van der Waals surface area (Å²) >= 11 is 0. The minimum Gasteiger partial charge on any atom is -0.373 e. The van der Waals surface area contributed by atoms with Crippen molar-refractivity contribution in [3.63, 3.8) is 0 Å². The number of ketones is 1. The number of sulfonamides is 1. The number of hydrogen-bond donors (Lipinski definition) is 0. The Hall–Kier alpha value is -0.460. The third kappa shape index (κ3) is 2.26. The number of carbonyl (C=O) groups is 1. The molecule has 0 unspecified atom stereocenters. The zero-order chi connectivity index (χ0) is 16.3. The van der Waals surface area contributed by atoms with E-state index in [1.165, 1.54) is 4.31 Å². The second-order valence-corrected chi connectivity index (χ2v) is 9.97. The fourth-order valence-corrected chi connectivity index (χ4v) is 7.23. The monoisotopic (exact) mass is 329 g/mol. The summed E-state index contributed by atoms with van der Waals surface area (Å²) in [5, 5.41) is 0. The van der Waals surface area contributed by atoms with Crippen LogP contribution in [-0.2, 0) is 19.6 Å². The van der Waals surface area contributed by atoms with Gasteiger partial charge in [0.2, 0.25) is 10.0 Å². The number of rotatable bonds is 3. The summed E-state index contributed by atoms with van der Waals surface area (Å²) in [4.78, 5) is 12.6. The van der Waals surface area contributed by atoms with Crippen molar-refractivity contribution in [1.82, 2.24) is 4.31 Å². The van der Waals surface area contributed by atoms with Crippen LogP contribution in [0.4, 0.5) is 0 Å². The Morgan fingerprint density at radius 3 is 2.27 bits per heavy atom. The van der Waals surface area contributed by atoms with E-state index in [9.17, 15) is 13.2 Å². The van der Waals surface area contributed by atoms with Gasteiger partial charge in [-0.2, -0.15) is 4.31 Å². The number of Topliss-reactive ketones (excluding diaryl/α,β-unsaturated/α-hetero) is 1. The highest BCUT2D eigenvalue weighted by molar-refractivity contribution is 7.89. The molecule has 0 aromatic heterocycles. The van der Waals surface area contributed by atoms with Crippen LogP contribution < -0.4 is 0 Å². The molecular formula is C16H27NO4S. The Morgan fingerprint density at radius 2 is 1.82 bits per heavy atom. The molecule has 4 atom stereocenters. The average Bonchev–Trinajstić information content (AvgIpc) is 2.71. The number of ether oxygens (including phenoxy) is 1. The molecule has 1 saturated heterocycles. The average molecular weight is 329 g/mol. The molecule has 0 N–H and O–H groups in total. The molecule has 2 saturated carbocycles. The molecule has 2 aliphatic carbocycles. The summed E-state index contributed by atoms with van der Waals surface area (Å²) in [6, 6.07) is 0. The van der Waals surface area contributed by atoms with E-state index in [4.69, 9.17) is 4.74 Å². The molecule has 126 valence electrons. The van der Waals surface area contributed by atoms with Crippen molar-refractivity contribution in [2.24, 2.45) is 16.7 Å². The van der Waals surface area contributed by atoms with Crippen LogP contribution in [-0.4, -0.2) is 49.6 Å². The smallest absolute Gasteiger partial charge is 0.215 e. The summed E-state index contributed by atoms with van der Waals surface area (Å²) in [5.74, 6) is 0.478. The molecule has 3 fully saturated rings. The van der Waals surface area contributed by atoms with Crippen LogP contribution in [0.2, 0.25) is 0 Å². The van der Waals surface area contributed by atoms with Crippen LogP contribution in [0.1, 0.15) is 47.0 Å². The molecule has 0 spiro atoms. The summed E-state index contributed by atoms with van der Waals surface area (Å²) in [7, 11) is -3.45. The molecule has 3 rings (SSSR count). The predicted molar refractivity (Wildman–Crippen MR) is 83.9 cm³/mol. The van der Waals surface area contributed by atoms with Gasteiger partial charge in [-0.05, 0) is 38.0 Å². The normalized spacial score (nSPS) is 42.0. The fraction of sp³-hybridized carbons (Fsp3) is 0.938. The van der Waals surface area contributed by atoms with Gasteiger partial charge in [0, 0.05) is 24.9 Å². The highest BCUT2D eigenvalue weighted by Gasteiger charge is 2.65. The summed E-state index contributed by atoms with van der Waals surface area (Å²) in [5.41, 5.74) is -0.887. The molecule has 0 aromatic rings. The molecule has 0 amide bonds. The van der Waals surface area contributed by atoms with Crippen LogP contribution in [0, 0.1) is 16.7 Å². The first-order valence-electron chi connectivity index (χ1n) is 8.25. The van der Waals surface area contributed by atoms with Crippen LogP contribution in [0.3, 0.4) is 0 Å². The Bertz CT molecular complexity index is 575. The van der Waals surface area contributed by atoms with Crippen molar-refractivity contribution in [1.29, 1.82) is 0 Å². The van der Waals surface area contributed by atoms with E-state index in [1.807, 2.05) is 13.8 Å². The third-order valence-electron chi connectivity index (χ3n) is 6.35. The highest BCUT2D eigenvalue weighted by Crippen LogP contribution is 2.64. The van der Waals surface area contributed by atoms with E-state index in [0.29, 0.717) is 25.4 Å². The number of carbonyl (C=O) groups excluding carboxylic acids is 1. The van der Waals surface area contributed by atoms with Gasteiger partial charge in [-0.3, -0.25) is 4.79 Å². The second-order valence-electron chi connectivity index (χ2n) is 8.00. The zero-order valence-corrected chi connectivity index (χ0v) is 14.8. The van der Waals surface area contributed by atoms with Gasteiger partial charge in [0.05, 0.1) is 18.0 Å². The lowest BCUT2D eigenvalue weighted by Crippen LogP contribution is -2.52. The maximum absolute atomic E-state index is 13.0. The van der Waals surface area contributed by atoms with Crippen molar-refractivity contribution in [3.8, 4) is 0 Å². The summed E-state index contributed by atoms with van der Waals surface area (Å²) < 4.78 is 33.1. The van der Waals surface area contributed by atoms with Crippen LogP contribution in [0.15, 0.2) is 0 Å². The second kappa shape index (κ2) is 5.02. The Kier molecular flexibility index (Phi) is 3.74. The van der Waals surface area contributed by atoms with Crippen LogP contribution in [0.5, 0.6) is 0 Å². The van der Waals surface area contributed by atoms with Crippen LogP contribution in [0.25, 0.3) is 0 Å². The maximum atomic E-state index is 13.0. The standard InChI is InChI=1S/C16H27NO4S/c1-11-8-17(9-12(2)21-11)22(19,20)10-16-6-5-13(7-14(16)18)15(16,3)4/h11-13H,5-10H2,1-4H3/t11-,12-,13+,16+/m1/s1. The Morgan fingerprint density at radius 1 is 1.23 bits per heavy atom. The molecule has 0 aromatic carbocycles. The van der Waals surface area contributed by atoms with Crippen molar-refractivity contribution < 1.29 is 17.9 Å². The lowest BCUT2D eigenvalue weighted by Gasteiger charge is -2.40.